The van der Waals surface area contributed by atoms with Crippen LogP contribution in [0.25, 0.3) is 0 Å². The predicted molar refractivity (Wildman–Crippen MR) is 167 cm³/mol. The fraction of sp³-hybridized carbons (Fsp3) is 0.485. The summed E-state index contributed by atoms with van der Waals surface area (Å²) in [5, 5.41) is 4.97. The number of nitrogens with zero attached hydrogens (tertiary/aromatic N) is 4. The van der Waals surface area contributed by atoms with E-state index in [2.05, 4.69) is 41.1 Å². The van der Waals surface area contributed by atoms with E-state index < -0.39 is 24.9 Å². The van der Waals surface area contributed by atoms with Gasteiger partial charge in [-0.2, -0.15) is 13.2 Å². The zero-order valence-electron chi connectivity index (χ0n) is 25.8. The Morgan fingerprint density at radius 3 is 2.57 bits per heavy atom. The Kier molecular flexibility index (Phi) is 11.1. The topological polar surface area (TPSA) is 80.3 Å². The molecule has 3 aliphatic heterocycles. The molecular weight excluding hydrogens is 569 g/mol. The molecule has 1 aromatic carbocycles. The molecule has 11 heteroatoms. The van der Waals surface area contributed by atoms with Crippen molar-refractivity contribution < 1.29 is 22.8 Å². The van der Waals surface area contributed by atoms with Crippen molar-refractivity contribution >= 4 is 23.3 Å². The van der Waals surface area contributed by atoms with E-state index in [0.717, 1.165) is 43.6 Å². The van der Waals surface area contributed by atoms with Crippen molar-refractivity contribution in [2.45, 2.75) is 65.1 Å². The fourth-order valence-electron chi connectivity index (χ4n) is 5.66. The third-order valence-electron chi connectivity index (χ3n) is 8.24. The van der Waals surface area contributed by atoms with Gasteiger partial charge in [0.1, 0.15) is 5.84 Å². The minimum Gasteiger partial charge on any atom is -0.348 e. The lowest BCUT2D eigenvalue weighted by molar-refractivity contribution is -0.148. The van der Waals surface area contributed by atoms with Gasteiger partial charge in [0.05, 0.1) is 17.8 Å². The number of benzene rings is 1. The first-order valence-corrected chi connectivity index (χ1v) is 15.3. The molecule has 8 nitrogen and oxygen atoms in total. The molecule has 2 N–H and O–H groups in total. The summed E-state index contributed by atoms with van der Waals surface area (Å²) in [4.78, 5) is 33.7. The summed E-state index contributed by atoms with van der Waals surface area (Å²) >= 11 is 0. The van der Waals surface area contributed by atoms with Gasteiger partial charge < -0.3 is 15.1 Å². The Balaban J connectivity index is 1.30. The Labute approximate surface area is 258 Å². The van der Waals surface area contributed by atoms with Crippen molar-refractivity contribution in [1.82, 2.24) is 25.6 Å². The molecule has 3 heterocycles. The lowest BCUT2D eigenvalue weighted by Crippen LogP contribution is -2.51. The van der Waals surface area contributed by atoms with Gasteiger partial charge in [-0.3, -0.25) is 20.0 Å². The molecule has 0 bridgehead atoms. The van der Waals surface area contributed by atoms with Crippen molar-refractivity contribution in [3.63, 3.8) is 0 Å². The molecule has 1 saturated heterocycles. The Hall–Kier alpha value is -3.86. The molecular formula is C33H43F3N6O2. The molecule has 0 saturated carbocycles. The van der Waals surface area contributed by atoms with Crippen LogP contribution < -0.4 is 10.7 Å². The van der Waals surface area contributed by atoms with Crippen molar-refractivity contribution in [2.75, 3.05) is 32.7 Å². The molecule has 3 aliphatic rings. The van der Waals surface area contributed by atoms with Gasteiger partial charge in [0.25, 0.3) is 5.91 Å². The third-order valence-corrected chi connectivity index (χ3v) is 8.24. The second kappa shape index (κ2) is 14.7. The quantitative estimate of drug-likeness (QED) is 0.270. The molecule has 1 aromatic rings. The number of carbonyl (C=O) groups excluding carboxylic acids is 2. The second-order valence-electron chi connectivity index (χ2n) is 11.7. The van der Waals surface area contributed by atoms with Crippen LogP contribution >= 0.6 is 0 Å². The molecule has 1 fully saturated rings. The number of piperidine rings is 1. The average molecular weight is 613 g/mol. The van der Waals surface area contributed by atoms with Crippen LogP contribution in [0.5, 0.6) is 0 Å². The van der Waals surface area contributed by atoms with Crippen LogP contribution in [0.1, 0.15) is 63.2 Å². The van der Waals surface area contributed by atoms with Crippen molar-refractivity contribution in [1.29, 1.82) is 0 Å². The van der Waals surface area contributed by atoms with Crippen LogP contribution in [0.15, 0.2) is 77.1 Å². The maximum Gasteiger partial charge on any atom is 0.389 e. The van der Waals surface area contributed by atoms with Gasteiger partial charge in [-0.1, -0.05) is 32.6 Å². The number of halogens is 3. The number of alkyl halides is 3. The van der Waals surface area contributed by atoms with Crippen LogP contribution in [-0.2, 0) is 4.79 Å². The number of aliphatic imine (C=N–C) groups is 1. The maximum absolute atomic E-state index is 13.0. The normalized spacial score (nSPS) is 21.6. The second-order valence-corrected chi connectivity index (χ2v) is 11.7. The lowest BCUT2D eigenvalue weighted by Gasteiger charge is -2.37. The highest BCUT2D eigenvalue weighted by Crippen LogP contribution is 2.29. The Morgan fingerprint density at radius 2 is 1.91 bits per heavy atom. The molecule has 2 amide bonds. The van der Waals surface area contributed by atoms with Gasteiger partial charge in [-0.05, 0) is 81.1 Å². The number of allylic oxidation sites excluding steroid dienone is 3. The highest BCUT2D eigenvalue weighted by molar-refractivity contribution is 5.95. The summed E-state index contributed by atoms with van der Waals surface area (Å²) in [6, 6.07) is 7.33. The predicted octanol–water partition coefficient (Wildman–Crippen LogP) is 5.86. The van der Waals surface area contributed by atoms with Gasteiger partial charge in [0.2, 0.25) is 5.91 Å². The molecule has 44 heavy (non-hydrogen) atoms. The summed E-state index contributed by atoms with van der Waals surface area (Å²) in [6.45, 7) is 14.0. The van der Waals surface area contributed by atoms with Gasteiger partial charge in [-0.25, -0.2) is 4.99 Å². The number of likely N-dealkylation sites (tertiary alicyclic amines) is 1. The summed E-state index contributed by atoms with van der Waals surface area (Å²) in [5.74, 6) is 0.477. The SMILES string of the molecule is C=C1C(C2=CCN(C(=O)CCC(F)(F)F)CC2)=CC=CN1NC(C)=Nc1ccc(C(=O)N[C@H]2CN(CCC)CCC2C)cc1. The van der Waals surface area contributed by atoms with Crippen LogP contribution in [0.3, 0.4) is 0 Å². The standard InChI is InChI=1S/C33H43F3N6O2/c1-5-17-40-19-13-23(2)30(22-40)38-32(44)27-8-10-28(11-9-27)37-25(4)39-42-18-6-7-29(24(42)3)26-14-20-41(21-15-26)31(43)12-16-33(34,35)36/h6-11,14,18,23,30H,3,5,12-13,15-17,19-22H2,1-2,4H3,(H,37,39)(H,38,44)/t23?,30-/m0/s1. The number of hydrazine groups is 1. The molecule has 0 aromatic heterocycles. The van der Waals surface area contributed by atoms with Crippen LogP contribution in [-0.4, -0.2) is 77.4 Å². The highest BCUT2D eigenvalue weighted by Gasteiger charge is 2.30. The number of hydrogen-bond acceptors (Lipinski definition) is 5. The van der Waals surface area contributed by atoms with E-state index in [9.17, 15) is 22.8 Å². The van der Waals surface area contributed by atoms with E-state index in [1.807, 2.05) is 43.5 Å². The third kappa shape index (κ3) is 9.07. The van der Waals surface area contributed by atoms with Crippen molar-refractivity contribution in [3.8, 4) is 0 Å². The Morgan fingerprint density at radius 1 is 1.16 bits per heavy atom. The van der Waals surface area contributed by atoms with E-state index in [-0.39, 0.29) is 18.5 Å². The summed E-state index contributed by atoms with van der Waals surface area (Å²) in [5.41, 5.74) is 7.07. The number of rotatable bonds is 9. The summed E-state index contributed by atoms with van der Waals surface area (Å²) in [6.07, 6.45) is 4.21. The van der Waals surface area contributed by atoms with E-state index in [0.29, 0.717) is 41.7 Å². The van der Waals surface area contributed by atoms with E-state index >= 15 is 0 Å². The zero-order chi connectivity index (χ0) is 31.9. The molecule has 1 unspecified atom stereocenters. The highest BCUT2D eigenvalue weighted by atomic mass is 19.4. The zero-order valence-corrected chi connectivity index (χ0v) is 25.8. The minimum atomic E-state index is -4.34. The number of carbonyl (C=O) groups is 2. The van der Waals surface area contributed by atoms with Crippen molar-refractivity contribution in [3.05, 3.63) is 77.7 Å². The largest absolute Gasteiger partial charge is 0.389 e. The van der Waals surface area contributed by atoms with Crippen LogP contribution in [0.4, 0.5) is 18.9 Å². The molecule has 4 rings (SSSR count). The molecule has 2 atom stereocenters. The monoisotopic (exact) mass is 612 g/mol. The summed E-state index contributed by atoms with van der Waals surface area (Å²) < 4.78 is 37.5. The van der Waals surface area contributed by atoms with Crippen LogP contribution in [0, 0.1) is 5.92 Å². The molecule has 0 aliphatic carbocycles. The maximum atomic E-state index is 13.0. The van der Waals surface area contributed by atoms with E-state index in [1.165, 1.54) is 4.90 Å². The van der Waals surface area contributed by atoms with Crippen LogP contribution in [0.2, 0.25) is 0 Å². The van der Waals surface area contributed by atoms with Gasteiger partial charge in [-0.15, -0.1) is 0 Å². The number of hydrogen-bond donors (Lipinski definition) is 2. The smallest absolute Gasteiger partial charge is 0.348 e. The van der Waals surface area contributed by atoms with E-state index in [4.69, 9.17) is 0 Å². The fourth-order valence-corrected chi connectivity index (χ4v) is 5.66. The molecule has 0 radical (unpaired) electrons. The number of nitrogens with one attached hydrogen (secondary N) is 2. The first-order valence-electron chi connectivity index (χ1n) is 15.3. The lowest BCUT2D eigenvalue weighted by atomic mass is 9.93. The molecule has 238 valence electrons. The first-order chi connectivity index (χ1) is 20.9. The summed E-state index contributed by atoms with van der Waals surface area (Å²) in [7, 11) is 0. The number of amides is 2. The number of amidine groups is 1. The van der Waals surface area contributed by atoms with E-state index in [1.54, 1.807) is 17.1 Å². The van der Waals surface area contributed by atoms with Crippen molar-refractivity contribution in [2.24, 2.45) is 10.9 Å². The van der Waals surface area contributed by atoms with Gasteiger partial charge >= 0.3 is 6.18 Å². The Bertz CT molecular complexity index is 1330. The minimum absolute atomic E-state index is 0.0783. The average Bonchev–Trinajstić information content (AvgIpc) is 2.99. The van der Waals surface area contributed by atoms with Gasteiger partial charge in [0.15, 0.2) is 0 Å². The molecule has 0 spiro atoms. The van der Waals surface area contributed by atoms with Gasteiger partial charge in [0, 0.05) is 49.4 Å². The first kappa shape index (κ1) is 33.0.